The van der Waals surface area contributed by atoms with Crippen LogP contribution in [0.1, 0.15) is 48.9 Å². The van der Waals surface area contributed by atoms with Crippen LogP contribution in [0.4, 0.5) is 4.39 Å². The van der Waals surface area contributed by atoms with Gasteiger partial charge in [0.1, 0.15) is 5.82 Å². The molecule has 0 spiro atoms. The second kappa shape index (κ2) is 7.71. The molecule has 5 rings (SSSR count). The molecule has 2 bridgehead atoms. The third kappa shape index (κ3) is 3.67. The van der Waals surface area contributed by atoms with E-state index in [1.54, 1.807) is 12.1 Å². The number of piperidine rings is 4. The average molecular weight is 400 g/mol. The van der Waals surface area contributed by atoms with Crippen LogP contribution in [-0.2, 0) is 4.79 Å². The number of benzene rings is 1. The van der Waals surface area contributed by atoms with Gasteiger partial charge in [-0.05, 0) is 68.2 Å². The molecule has 4 aliphatic rings. The van der Waals surface area contributed by atoms with Crippen LogP contribution in [0.3, 0.4) is 0 Å². The van der Waals surface area contributed by atoms with E-state index in [-0.39, 0.29) is 11.7 Å². The normalized spacial score (nSPS) is 30.9. The molecule has 0 aliphatic carbocycles. The summed E-state index contributed by atoms with van der Waals surface area (Å²) in [6, 6.07) is 6.84. The second-order valence-corrected chi connectivity index (χ2v) is 9.35. The summed E-state index contributed by atoms with van der Waals surface area (Å²) < 4.78 is 13.1. The number of fused-ring (bicyclic) bond motifs is 4. The Morgan fingerprint density at radius 2 is 1.76 bits per heavy atom. The quantitative estimate of drug-likeness (QED) is 0.768. The Kier molecular flexibility index (Phi) is 5.06. The lowest BCUT2D eigenvalue weighted by molar-refractivity contribution is -0.145. The van der Waals surface area contributed by atoms with Gasteiger partial charge in [-0.15, -0.1) is 0 Å². The molecule has 2 amide bonds. The zero-order valence-corrected chi connectivity index (χ0v) is 16.9. The van der Waals surface area contributed by atoms with Crippen LogP contribution < -0.4 is 0 Å². The molecule has 1 aromatic rings. The molecule has 5 nitrogen and oxygen atoms in total. The van der Waals surface area contributed by atoms with Crippen LogP contribution >= 0.6 is 0 Å². The van der Waals surface area contributed by atoms with Gasteiger partial charge in [-0.2, -0.15) is 0 Å². The van der Waals surface area contributed by atoms with E-state index in [1.807, 2.05) is 4.90 Å². The fraction of sp³-hybridized carbons (Fsp3) is 0.652. The minimum Gasteiger partial charge on any atom is -0.339 e. The molecule has 0 aromatic heterocycles. The number of halogens is 1. The van der Waals surface area contributed by atoms with Crippen molar-refractivity contribution in [2.75, 3.05) is 32.7 Å². The molecule has 0 N–H and O–H groups in total. The predicted octanol–water partition coefficient (Wildman–Crippen LogP) is 2.76. The molecule has 29 heavy (non-hydrogen) atoms. The van der Waals surface area contributed by atoms with Gasteiger partial charge in [-0.25, -0.2) is 4.39 Å². The molecule has 0 unspecified atom stereocenters. The Hall–Kier alpha value is -1.95. The molecule has 0 radical (unpaired) electrons. The maximum Gasteiger partial charge on any atom is 0.253 e. The lowest BCUT2D eigenvalue weighted by Crippen LogP contribution is -2.62. The van der Waals surface area contributed by atoms with Crippen molar-refractivity contribution in [2.45, 2.75) is 50.6 Å². The van der Waals surface area contributed by atoms with E-state index < -0.39 is 0 Å². The topological polar surface area (TPSA) is 43.9 Å². The number of carbonyl (C=O) groups is 2. The van der Waals surface area contributed by atoms with Crippen LogP contribution in [0.5, 0.6) is 0 Å². The van der Waals surface area contributed by atoms with Gasteiger partial charge in [0, 0.05) is 56.8 Å². The molecule has 4 aliphatic heterocycles. The fourth-order valence-electron chi connectivity index (χ4n) is 6.16. The highest BCUT2D eigenvalue weighted by molar-refractivity contribution is 5.94. The molecule has 4 heterocycles. The number of hydrogen-bond acceptors (Lipinski definition) is 3. The summed E-state index contributed by atoms with van der Waals surface area (Å²) in [6.45, 7) is 4.66. The van der Waals surface area contributed by atoms with Gasteiger partial charge in [-0.1, -0.05) is 0 Å². The van der Waals surface area contributed by atoms with Gasteiger partial charge in [-0.3, -0.25) is 14.5 Å². The third-order valence-electron chi connectivity index (χ3n) is 7.57. The van der Waals surface area contributed by atoms with E-state index in [2.05, 4.69) is 9.80 Å². The molecule has 156 valence electrons. The zero-order valence-electron chi connectivity index (χ0n) is 16.9. The van der Waals surface area contributed by atoms with Crippen LogP contribution in [0.15, 0.2) is 24.3 Å². The minimum absolute atomic E-state index is 0.00956. The van der Waals surface area contributed by atoms with Crippen LogP contribution in [-0.4, -0.2) is 71.3 Å². The van der Waals surface area contributed by atoms with Crippen LogP contribution in [0.25, 0.3) is 0 Å². The largest absolute Gasteiger partial charge is 0.339 e. The third-order valence-corrected chi connectivity index (χ3v) is 7.57. The summed E-state index contributed by atoms with van der Waals surface area (Å²) in [5.41, 5.74) is 0.569. The van der Waals surface area contributed by atoms with E-state index in [4.69, 9.17) is 0 Å². The number of hydrogen-bond donors (Lipinski definition) is 0. The lowest BCUT2D eigenvalue weighted by atomic mass is 9.75. The summed E-state index contributed by atoms with van der Waals surface area (Å²) in [4.78, 5) is 31.8. The summed E-state index contributed by atoms with van der Waals surface area (Å²) in [5, 5.41) is 0. The highest BCUT2D eigenvalue weighted by Gasteiger charge is 2.45. The Labute approximate surface area is 171 Å². The molecule has 3 atom stereocenters. The standard InChI is InChI=1S/C23H30FN3O2/c24-19-6-4-17(5-7-19)23(29)25-10-8-20(9-11-25)26-13-16-12-18(15-26)21-2-1-3-22(28)27(21)14-16/h4-7,16,18,20-21H,1-3,8-15H2/t16-,18-,21-/m1/s1. The molecule has 4 fully saturated rings. The molecular weight excluding hydrogens is 369 g/mol. The van der Waals surface area contributed by atoms with Crippen molar-refractivity contribution < 1.29 is 14.0 Å². The van der Waals surface area contributed by atoms with Gasteiger partial charge in [0.25, 0.3) is 5.91 Å². The molecular formula is C23H30FN3O2. The SMILES string of the molecule is O=C(c1ccc(F)cc1)N1CCC(N2C[C@H]3C[C@H](C2)[C@H]2CCCC(=O)N2C3)CC1. The van der Waals surface area contributed by atoms with Gasteiger partial charge >= 0.3 is 0 Å². The maximum atomic E-state index is 13.1. The minimum atomic E-state index is -0.311. The zero-order chi connectivity index (χ0) is 20.0. The Morgan fingerprint density at radius 3 is 2.52 bits per heavy atom. The monoisotopic (exact) mass is 399 g/mol. The molecule has 4 saturated heterocycles. The Morgan fingerprint density at radius 1 is 1.00 bits per heavy atom. The van der Waals surface area contributed by atoms with Crippen LogP contribution in [0, 0.1) is 17.7 Å². The van der Waals surface area contributed by atoms with Crippen molar-refractivity contribution in [3.63, 3.8) is 0 Å². The summed E-state index contributed by atoms with van der Waals surface area (Å²) in [7, 11) is 0. The summed E-state index contributed by atoms with van der Waals surface area (Å²) in [5.74, 6) is 1.29. The van der Waals surface area contributed by atoms with E-state index in [1.165, 1.54) is 25.0 Å². The second-order valence-electron chi connectivity index (χ2n) is 9.35. The van der Waals surface area contributed by atoms with E-state index in [9.17, 15) is 14.0 Å². The molecule has 6 heteroatoms. The molecule has 0 saturated carbocycles. The van der Waals surface area contributed by atoms with Crippen LogP contribution in [0.2, 0.25) is 0 Å². The smallest absolute Gasteiger partial charge is 0.253 e. The van der Waals surface area contributed by atoms with Crippen molar-refractivity contribution in [2.24, 2.45) is 11.8 Å². The van der Waals surface area contributed by atoms with Crippen molar-refractivity contribution >= 4 is 11.8 Å². The van der Waals surface area contributed by atoms with Crippen molar-refractivity contribution in [3.05, 3.63) is 35.6 Å². The summed E-state index contributed by atoms with van der Waals surface area (Å²) in [6.07, 6.45) is 6.22. The lowest BCUT2D eigenvalue weighted by Gasteiger charge is -2.54. The highest BCUT2D eigenvalue weighted by atomic mass is 19.1. The maximum absolute atomic E-state index is 13.1. The number of amides is 2. The predicted molar refractivity (Wildman–Crippen MR) is 108 cm³/mol. The van der Waals surface area contributed by atoms with Gasteiger partial charge in [0.05, 0.1) is 0 Å². The van der Waals surface area contributed by atoms with Crippen molar-refractivity contribution in [1.82, 2.24) is 14.7 Å². The first-order valence-electron chi connectivity index (χ1n) is 11.2. The number of nitrogens with zero attached hydrogens (tertiary/aromatic N) is 3. The Balaban J connectivity index is 1.19. The fourth-order valence-corrected chi connectivity index (χ4v) is 6.16. The van der Waals surface area contributed by atoms with Crippen molar-refractivity contribution in [1.29, 1.82) is 0 Å². The van der Waals surface area contributed by atoms with E-state index in [0.29, 0.717) is 35.4 Å². The van der Waals surface area contributed by atoms with Gasteiger partial charge in [0.2, 0.25) is 5.91 Å². The summed E-state index contributed by atoms with van der Waals surface area (Å²) >= 11 is 0. The Bertz CT molecular complexity index is 775. The average Bonchev–Trinajstić information content (AvgIpc) is 2.75. The first kappa shape index (κ1) is 19.0. The van der Waals surface area contributed by atoms with Gasteiger partial charge in [0.15, 0.2) is 0 Å². The van der Waals surface area contributed by atoms with Crippen molar-refractivity contribution in [3.8, 4) is 0 Å². The highest BCUT2D eigenvalue weighted by Crippen LogP contribution is 2.39. The van der Waals surface area contributed by atoms with E-state index in [0.717, 1.165) is 58.4 Å². The number of carbonyl (C=O) groups excluding carboxylic acids is 2. The number of likely N-dealkylation sites (tertiary alicyclic amines) is 2. The first-order valence-corrected chi connectivity index (χ1v) is 11.2. The molecule has 1 aromatic carbocycles. The van der Waals surface area contributed by atoms with E-state index >= 15 is 0 Å². The first-order chi connectivity index (χ1) is 14.1. The number of rotatable bonds is 2. The van der Waals surface area contributed by atoms with Gasteiger partial charge < -0.3 is 9.80 Å².